The summed E-state index contributed by atoms with van der Waals surface area (Å²) in [4.78, 5) is 120. The summed E-state index contributed by atoms with van der Waals surface area (Å²) in [7, 11) is -1.12. The fourth-order valence-corrected chi connectivity index (χ4v) is 10.2. The first-order chi connectivity index (χ1) is 35.9. The van der Waals surface area contributed by atoms with Gasteiger partial charge in [0.05, 0.1) is 23.0 Å². The lowest BCUT2D eigenvalue weighted by atomic mass is 9.76. The number of Topliss-reactive ketones (excluding diaryl/α,β-unsaturated/α-hetero) is 2. The summed E-state index contributed by atoms with van der Waals surface area (Å²) < 4.78 is 29.2. The number of likely N-dealkylation sites (N-methyl/N-ethyl adjacent to an activating group) is 2. The van der Waals surface area contributed by atoms with Gasteiger partial charge in [-0.25, -0.2) is 17.9 Å². The Morgan fingerprint density at radius 1 is 0.766 bits per heavy atom. The van der Waals surface area contributed by atoms with Crippen LogP contribution in [0.25, 0.3) is 0 Å². The molecule has 7 N–H and O–H groups in total. The molecule has 77 heavy (non-hydrogen) atoms. The topological polar surface area (TPSA) is 280 Å². The van der Waals surface area contributed by atoms with E-state index in [9.17, 15) is 51.6 Å². The number of hydrogen-bond donors (Lipinski definition) is 6. The zero-order valence-electron chi connectivity index (χ0n) is 47.1. The van der Waals surface area contributed by atoms with Crippen molar-refractivity contribution in [3.63, 3.8) is 0 Å². The first-order valence-corrected chi connectivity index (χ1v) is 28.0. The van der Waals surface area contributed by atoms with Crippen molar-refractivity contribution in [2.45, 2.75) is 162 Å². The largest absolute Gasteiger partial charge is 0.352 e. The average Bonchev–Trinajstić information content (AvgIpc) is 3.68. The standard InChI is InChI=1S/C57H84N8O11S/c1-36(2)43(35-41(66)22-17-14-18-33-65-47(68)30-31-48(65)69)52(71)61-44(23-19-32-60-55(58)74)46(67)29-26-39-24-27-42(28-25-39)77(75,76)63-51(70)38(5)34-45(37(3)4)64(12)54(73)50(56(6,7)8)62-53(72)49(59-11)57(9,10)40-20-15-13-16-21-40/h13,15-16,20-21,24-25,27-28,30-31,34,36-37,43-45,49-50,59H,14,17-19,22-23,26,29,32-33,35H2,1-12H3,(H,61,71)(H,62,72)(H,63,70)(H3,58,60,74)/b38-34+/t43-,44-,45+,49+,50+/m0/s1. The fraction of sp³-hybridized carbons (Fsp3) is 0.561. The average molecular weight is 1090 g/mol. The van der Waals surface area contributed by atoms with E-state index in [1.165, 1.54) is 54.3 Å². The second-order valence-corrected chi connectivity index (χ2v) is 23.9. The van der Waals surface area contributed by atoms with E-state index in [2.05, 4.69) is 26.0 Å². The van der Waals surface area contributed by atoms with Crippen LogP contribution < -0.4 is 31.7 Å². The molecule has 424 valence electrons. The highest BCUT2D eigenvalue weighted by Gasteiger charge is 2.42. The molecular weight excluding hydrogens is 1000 g/mol. The van der Waals surface area contributed by atoms with Crippen LogP contribution in [0, 0.1) is 23.2 Å². The minimum absolute atomic E-state index is 0.0365. The van der Waals surface area contributed by atoms with Crippen LogP contribution in [0.3, 0.4) is 0 Å². The molecule has 20 heteroatoms. The summed E-state index contributed by atoms with van der Waals surface area (Å²) in [5, 5.41) is 11.5. The lowest BCUT2D eigenvalue weighted by Crippen LogP contribution is -2.61. The number of carbonyl (C=O) groups excluding carboxylic acids is 9. The van der Waals surface area contributed by atoms with E-state index in [0.29, 0.717) is 31.2 Å². The summed E-state index contributed by atoms with van der Waals surface area (Å²) in [6.45, 7) is 18.7. The van der Waals surface area contributed by atoms with Gasteiger partial charge in [-0.15, -0.1) is 0 Å². The van der Waals surface area contributed by atoms with Crippen LogP contribution in [0.15, 0.2) is 83.3 Å². The van der Waals surface area contributed by atoms with Crippen LogP contribution >= 0.6 is 0 Å². The SMILES string of the molecule is CN[C@H](C(=O)N[C@H](C(=O)N(C)[C@H](/C=C(\C)C(=O)NS(=O)(=O)c1ccc(CCC(=O)[C@H](CCCNC(N)=O)NC(=O)[C@@H](CC(=O)CCCCCN2C(=O)C=CC2=O)C(C)C)cc1)C(C)C)C(C)(C)C)C(C)(C)c1ccccc1. The first kappa shape index (κ1) is 64.7. The minimum atomic E-state index is -4.40. The Morgan fingerprint density at radius 2 is 1.38 bits per heavy atom. The summed E-state index contributed by atoms with van der Waals surface area (Å²) in [5.41, 5.74) is 5.41. The Balaban J connectivity index is 1.67. The molecule has 0 fully saturated rings. The number of amides is 8. The highest BCUT2D eigenvalue weighted by molar-refractivity contribution is 7.90. The molecule has 1 heterocycles. The van der Waals surface area contributed by atoms with Crippen molar-refractivity contribution in [2.75, 3.05) is 27.2 Å². The Morgan fingerprint density at radius 3 is 1.92 bits per heavy atom. The van der Waals surface area contributed by atoms with Crippen molar-refractivity contribution in [3.05, 3.63) is 89.5 Å². The maximum Gasteiger partial charge on any atom is 0.312 e. The number of urea groups is 1. The number of unbranched alkanes of at least 4 members (excludes halogenated alkanes) is 2. The third kappa shape index (κ3) is 19.5. The van der Waals surface area contributed by atoms with E-state index in [-0.39, 0.29) is 96.8 Å². The number of sulfonamides is 1. The van der Waals surface area contributed by atoms with E-state index in [1.807, 2.05) is 92.6 Å². The summed E-state index contributed by atoms with van der Waals surface area (Å²) >= 11 is 0. The molecule has 1 aliphatic heterocycles. The molecule has 0 aliphatic carbocycles. The number of hydrogen-bond acceptors (Lipinski definition) is 12. The molecule has 0 saturated heterocycles. The number of imide groups is 1. The number of primary amides is 1. The van der Waals surface area contributed by atoms with Crippen molar-refractivity contribution in [3.8, 4) is 0 Å². The van der Waals surface area contributed by atoms with Crippen molar-refractivity contribution in [2.24, 2.45) is 28.9 Å². The molecule has 0 aromatic heterocycles. The molecule has 1 aliphatic rings. The van der Waals surface area contributed by atoms with Gasteiger partial charge in [0, 0.05) is 68.5 Å². The van der Waals surface area contributed by atoms with Gasteiger partial charge in [0.25, 0.3) is 27.7 Å². The number of nitrogens with two attached hydrogens (primary N) is 1. The lowest BCUT2D eigenvalue weighted by Gasteiger charge is -2.40. The second kappa shape index (κ2) is 29.3. The molecule has 0 bridgehead atoms. The van der Waals surface area contributed by atoms with E-state index >= 15 is 0 Å². The molecule has 0 unspecified atom stereocenters. The third-order valence-electron chi connectivity index (χ3n) is 14.1. The zero-order valence-corrected chi connectivity index (χ0v) is 47.9. The summed E-state index contributed by atoms with van der Waals surface area (Å²) in [6.07, 6.45) is 6.39. The second-order valence-electron chi connectivity index (χ2n) is 22.3. The fourth-order valence-electron chi connectivity index (χ4n) is 9.21. The Kier molecular flexibility index (Phi) is 24.6. The maximum absolute atomic E-state index is 14.4. The van der Waals surface area contributed by atoms with E-state index in [0.717, 1.165) is 10.5 Å². The van der Waals surface area contributed by atoms with Crippen LogP contribution in [-0.4, -0.2) is 123 Å². The van der Waals surface area contributed by atoms with Crippen molar-refractivity contribution in [1.29, 1.82) is 0 Å². The molecule has 3 rings (SSSR count). The van der Waals surface area contributed by atoms with E-state index in [1.54, 1.807) is 14.1 Å². The van der Waals surface area contributed by atoms with Crippen LogP contribution in [0.4, 0.5) is 4.79 Å². The predicted octanol–water partition coefficient (Wildman–Crippen LogP) is 5.17. The summed E-state index contributed by atoms with van der Waals surface area (Å²) in [5.74, 6) is -4.52. The highest BCUT2D eigenvalue weighted by Crippen LogP contribution is 2.29. The number of rotatable bonds is 31. The van der Waals surface area contributed by atoms with Crippen molar-refractivity contribution >= 4 is 63.1 Å². The number of ketones is 2. The monoisotopic (exact) mass is 1090 g/mol. The third-order valence-corrected chi connectivity index (χ3v) is 15.4. The molecule has 0 saturated carbocycles. The minimum Gasteiger partial charge on any atom is -0.352 e. The van der Waals surface area contributed by atoms with Crippen LogP contribution in [0.1, 0.15) is 132 Å². The molecular formula is C57H84N8O11S. The molecule has 19 nitrogen and oxygen atoms in total. The van der Waals surface area contributed by atoms with Gasteiger partial charge in [-0.05, 0) is 86.6 Å². The predicted molar refractivity (Wildman–Crippen MR) is 295 cm³/mol. The van der Waals surface area contributed by atoms with Gasteiger partial charge in [-0.2, -0.15) is 0 Å². The maximum atomic E-state index is 14.4. The Labute approximate surface area is 455 Å². The molecule has 2 aromatic carbocycles. The number of benzene rings is 2. The van der Waals surface area contributed by atoms with Gasteiger partial charge in [-0.1, -0.05) is 117 Å². The van der Waals surface area contributed by atoms with E-state index in [4.69, 9.17) is 5.73 Å². The van der Waals surface area contributed by atoms with Crippen molar-refractivity contribution in [1.82, 2.24) is 35.8 Å². The quantitative estimate of drug-likeness (QED) is 0.0324. The molecule has 8 amide bonds. The van der Waals surface area contributed by atoms with Gasteiger partial charge >= 0.3 is 6.03 Å². The van der Waals surface area contributed by atoms with Gasteiger partial charge in [0.15, 0.2) is 5.78 Å². The van der Waals surface area contributed by atoms with Gasteiger partial charge in [0.1, 0.15) is 11.8 Å². The van der Waals surface area contributed by atoms with Crippen LogP contribution in [-0.2, 0) is 60.2 Å². The molecule has 0 spiro atoms. The lowest BCUT2D eigenvalue weighted by molar-refractivity contribution is -0.141. The Bertz CT molecular complexity index is 2570. The van der Waals surface area contributed by atoms with Gasteiger partial charge in [0.2, 0.25) is 17.7 Å². The normalized spacial score (nSPS) is 15.1. The molecule has 2 aromatic rings. The summed E-state index contributed by atoms with van der Waals surface area (Å²) in [6, 6.07) is 11.2. The smallest absolute Gasteiger partial charge is 0.312 e. The zero-order chi connectivity index (χ0) is 58.0. The number of carbonyl (C=O) groups is 9. The Hall–Kier alpha value is -6.54. The molecule has 5 atom stereocenters. The first-order valence-electron chi connectivity index (χ1n) is 26.5. The molecule has 0 radical (unpaired) electrons. The van der Waals surface area contributed by atoms with E-state index < -0.39 is 74.7 Å². The van der Waals surface area contributed by atoms with Crippen LogP contribution in [0.5, 0.6) is 0 Å². The van der Waals surface area contributed by atoms with Crippen molar-refractivity contribution < 1.29 is 51.6 Å². The number of nitrogens with zero attached hydrogens (tertiary/aromatic N) is 2. The van der Waals surface area contributed by atoms with Crippen LogP contribution in [0.2, 0.25) is 0 Å². The van der Waals surface area contributed by atoms with Gasteiger partial charge in [-0.3, -0.25) is 43.3 Å². The number of aryl methyl sites for hydroxylation is 1. The number of nitrogens with one attached hydrogen (secondary N) is 5. The van der Waals surface area contributed by atoms with Gasteiger partial charge < -0.3 is 31.9 Å². The highest BCUT2D eigenvalue weighted by atomic mass is 32.2.